The Morgan fingerprint density at radius 1 is 1.14 bits per heavy atom. The number of aromatic nitrogens is 1. The minimum atomic E-state index is 0. The number of halogens is 2. The number of pyridine rings is 1. The zero-order valence-corrected chi connectivity index (χ0v) is 9.17. The fourth-order valence-electron chi connectivity index (χ4n) is 1.16. The monoisotopic (exact) mass is 230 g/mol. The van der Waals surface area contributed by atoms with E-state index < -0.39 is 0 Å². The summed E-state index contributed by atoms with van der Waals surface area (Å²) in [5, 5.41) is 0. The Kier molecular flexibility index (Phi) is 6.00. The minimum absolute atomic E-state index is 0. The van der Waals surface area contributed by atoms with Gasteiger partial charge in [-0.3, -0.25) is 0 Å². The summed E-state index contributed by atoms with van der Waals surface area (Å²) in [5.74, 6) is 0.998. The molecule has 0 saturated carbocycles. The first-order valence-electron chi connectivity index (χ1n) is 3.98. The quantitative estimate of drug-likeness (QED) is 0.738. The Morgan fingerprint density at radius 2 is 2.00 bits per heavy atom. The van der Waals surface area contributed by atoms with Crippen LogP contribution in [0.25, 0.3) is 0 Å². The predicted octanol–water partition coefficient (Wildman–Crippen LogP) is 2.82. The van der Waals surface area contributed by atoms with E-state index in [1.165, 1.54) is 0 Å². The molecular weight excluding hydrogens is 219 g/mol. The average molecular weight is 231 g/mol. The van der Waals surface area contributed by atoms with E-state index in [0.29, 0.717) is 0 Å². The molecule has 2 rings (SSSR count). The Morgan fingerprint density at radius 3 is 2.57 bits per heavy atom. The molecule has 1 aliphatic rings. The number of hydrogen-bond acceptors (Lipinski definition) is 2. The standard InChI is InChI=1S/C10H10N2.2ClH/c1-4-8-12(9-5-1)10-6-2-3-7-11-10;;/h1-8H,9H2;2*1H. The van der Waals surface area contributed by atoms with Crippen LogP contribution in [0, 0.1) is 0 Å². The van der Waals surface area contributed by atoms with Crippen LogP contribution in [0.5, 0.6) is 0 Å². The van der Waals surface area contributed by atoms with Gasteiger partial charge in [0.1, 0.15) is 5.82 Å². The first-order chi connectivity index (χ1) is 5.97. The molecule has 0 atom stereocenters. The maximum absolute atomic E-state index is 4.24. The average Bonchev–Trinajstić information content (AvgIpc) is 2.21. The molecule has 1 aromatic heterocycles. The molecule has 0 spiro atoms. The largest absolute Gasteiger partial charge is 0.329 e. The van der Waals surface area contributed by atoms with Crippen molar-refractivity contribution in [3.05, 3.63) is 48.8 Å². The maximum Gasteiger partial charge on any atom is 0.132 e. The lowest BCUT2D eigenvalue weighted by Crippen LogP contribution is -2.18. The van der Waals surface area contributed by atoms with Crippen LogP contribution < -0.4 is 4.90 Å². The van der Waals surface area contributed by atoms with Crippen LogP contribution in [0.2, 0.25) is 0 Å². The summed E-state index contributed by atoms with van der Waals surface area (Å²) in [4.78, 5) is 6.34. The van der Waals surface area contributed by atoms with E-state index >= 15 is 0 Å². The summed E-state index contributed by atoms with van der Waals surface area (Å²) >= 11 is 0. The number of rotatable bonds is 1. The van der Waals surface area contributed by atoms with Gasteiger partial charge in [-0.25, -0.2) is 4.98 Å². The summed E-state index contributed by atoms with van der Waals surface area (Å²) in [5.41, 5.74) is 0. The number of hydrogen-bond donors (Lipinski definition) is 0. The summed E-state index contributed by atoms with van der Waals surface area (Å²) in [6.07, 6.45) is 10.00. The highest BCUT2D eigenvalue weighted by Crippen LogP contribution is 2.11. The van der Waals surface area contributed by atoms with E-state index in [0.717, 1.165) is 12.4 Å². The summed E-state index contributed by atoms with van der Waals surface area (Å²) in [6.45, 7) is 0.910. The highest BCUT2D eigenvalue weighted by molar-refractivity contribution is 5.85. The zero-order chi connectivity index (χ0) is 8.23. The van der Waals surface area contributed by atoms with Crippen molar-refractivity contribution in [2.75, 3.05) is 11.4 Å². The summed E-state index contributed by atoms with van der Waals surface area (Å²) < 4.78 is 0. The van der Waals surface area contributed by atoms with Gasteiger partial charge in [0, 0.05) is 18.9 Å². The van der Waals surface area contributed by atoms with Gasteiger partial charge in [0.05, 0.1) is 0 Å². The van der Waals surface area contributed by atoms with Crippen LogP contribution in [0.15, 0.2) is 48.8 Å². The lowest BCUT2D eigenvalue weighted by Gasteiger charge is -2.18. The van der Waals surface area contributed by atoms with Crippen molar-refractivity contribution in [2.45, 2.75) is 0 Å². The second kappa shape index (κ2) is 6.46. The van der Waals surface area contributed by atoms with E-state index in [-0.39, 0.29) is 24.8 Å². The van der Waals surface area contributed by atoms with Gasteiger partial charge in [-0.2, -0.15) is 0 Å². The van der Waals surface area contributed by atoms with Crippen LogP contribution in [-0.2, 0) is 0 Å². The van der Waals surface area contributed by atoms with Gasteiger partial charge >= 0.3 is 0 Å². The van der Waals surface area contributed by atoms with Crippen molar-refractivity contribution in [2.24, 2.45) is 0 Å². The third-order valence-corrected chi connectivity index (χ3v) is 1.76. The third-order valence-electron chi connectivity index (χ3n) is 1.76. The van der Waals surface area contributed by atoms with Crippen LogP contribution in [-0.4, -0.2) is 11.5 Å². The van der Waals surface area contributed by atoms with E-state index in [4.69, 9.17) is 0 Å². The lowest BCUT2D eigenvalue weighted by atomic mass is 10.3. The Balaban J connectivity index is 0.000000845. The van der Waals surface area contributed by atoms with E-state index in [2.05, 4.69) is 16.0 Å². The van der Waals surface area contributed by atoms with Gasteiger partial charge in [0.25, 0.3) is 0 Å². The smallest absolute Gasteiger partial charge is 0.132 e. The van der Waals surface area contributed by atoms with Gasteiger partial charge in [-0.05, 0) is 18.2 Å². The molecule has 0 bridgehead atoms. The molecule has 0 radical (unpaired) electrons. The number of nitrogens with zero attached hydrogens (tertiary/aromatic N) is 2. The fourth-order valence-corrected chi connectivity index (χ4v) is 1.16. The lowest BCUT2D eigenvalue weighted by molar-refractivity contribution is 1.03. The topological polar surface area (TPSA) is 16.1 Å². The van der Waals surface area contributed by atoms with Crippen molar-refractivity contribution < 1.29 is 0 Å². The molecular formula is C10H12Cl2N2. The summed E-state index contributed by atoms with van der Waals surface area (Å²) in [7, 11) is 0. The molecule has 0 aliphatic carbocycles. The van der Waals surface area contributed by atoms with Crippen LogP contribution in [0.3, 0.4) is 0 Å². The van der Waals surface area contributed by atoms with E-state index in [1.54, 1.807) is 0 Å². The van der Waals surface area contributed by atoms with Gasteiger partial charge in [-0.15, -0.1) is 24.8 Å². The highest BCUT2D eigenvalue weighted by Gasteiger charge is 2.01. The maximum atomic E-state index is 4.24. The Labute approximate surface area is 96.2 Å². The second-order valence-electron chi connectivity index (χ2n) is 2.61. The fraction of sp³-hybridized carbons (Fsp3) is 0.100. The third kappa shape index (κ3) is 3.05. The molecule has 0 saturated heterocycles. The molecule has 2 nitrogen and oxygen atoms in total. The first-order valence-corrected chi connectivity index (χ1v) is 3.98. The molecule has 1 aliphatic heterocycles. The molecule has 0 fully saturated rings. The highest BCUT2D eigenvalue weighted by atomic mass is 35.5. The molecule has 0 aromatic carbocycles. The molecule has 1 aromatic rings. The van der Waals surface area contributed by atoms with Crippen LogP contribution >= 0.6 is 24.8 Å². The normalized spacial score (nSPS) is 13.0. The van der Waals surface area contributed by atoms with Crippen molar-refractivity contribution >= 4 is 30.6 Å². The molecule has 0 unspecified atom stereocenters. The van der Waals surface area contributed by atoms with Gasteiger partial charge in [-0.1, -0.05) is 18.2 Å². The molecule has 4 heteroatoms. The SMILES string of the molecule is C1=CCN(c2ccccn2)C=C1.Cl.Cl. The van der Waals surface area contributed by atoms with E-state index in [9.17, 15) is 0 Å². The van der Waals surface area contributed by atoms with Crippen molar-refractivity contribution in [3.63, 3.8) is 0 Å². The molecule has 14 heavy (non-hydrogen) atoms. The van der Waals surface area contributed by atoms with Crippen LogP contribution in [0.4, 0.5) is 5.82 Å². The van der Waals surface area contributed by atoms with E-state index in [1.807, 2.05) is 42.7 Å². The van der Waals surface area contributed by atoms with Crippen LogP contribution in [0.1, 0.15) is 0 Å². The van der Waals surface area contributed by atoms with Crippen molar-refractivity contribution in [1.29, 1.82) is 0 Å². The summed E-state index contributed by atoms with van der Waals surface area (Å²) in [6, 6.07) is 5.92. The van der Waals surface area contributed by atoms with Gasteiger partial charge < -0.3 is 4.90 Å². The minimum Gasteiger partial charge on any atom is -0.329 e. The zero-order valence-electron chi connectivity index (χ0n) is 7.54. The number of anilines is 1. The predicted molar refractivity (Wildman–Crippen MR) is 64.4 cm³/mol. The first kappa shape index (κ1) is 13.0. The van der Waals surface area contributed by atoms with Gasteiger partial charge in [0.2, 0.25) is 0 Å². The van der Waals surface area contributed by atoms with Crippen molar-refractivity contribution in [3.8, 4) is 0 Å². The number of allylic oxidation sites excluding steroid dienone is 2. The molecule has 0 N–H and O–H groups in total. The Hall–Kier alpha value is -0.990. The Bertz CT molecular complexity index is 309. The molecule has 0 amide bonds. The van der Waals surface area contributed by atoms with Gasteiger partial charge in [0.15, 0.2) is 0 Å². The second-order valence-corrected chi connectivity index (χ2v) is 2.61. The molecule has 2 heterocycles. The van der Waals surface area contributed by atoms with Crippen molar-refractivity contribution in [1.82, 2.24) is 4.98 Å². The molecule has 76 valence electrons.